The van der Waals surface area contributed by atoms with Crippen molar-refractivity contribution < 1.29 is 55.1 Å². The lowest BCUT2D eigenvalue weighted by molar-refractivity contribution is -0.449. The van der Waals surface area contributed by atoms with Gasteiger partial charge in [0.1, 0.15) is 0 Å². The molecule has 0 bridgehead atoms. The van der Waals surface area contributed by atoms with Crippen molar-refractivity contribution in [1.29, 1.82) is 0 Å². The van der Waals surface area contributed by atoms with Gasteiger partial charge in [0.15, 0.2) is 24.2 Å². The van der Waals surface area contributed by atoms with Crippen LogP contribution < -0.4 is 0 Å². The number of hydrogen-bond donors (Lipinski definition) is 8. The van der Waals surface area contributed by atoms with Crippen molar-refractivity contribution in [2.24, 2.45) is 23.7 Å². The Bertz CT molecular complexity index is 547. The largest absolute Gasteiger partial charge is 0.396 e. The summed E-state index contributed by atoms with van der Waals surface area (Å²) in [6, 6.07) is 0. The monoisotopic (exact) mass is 366 g/mol. The highest BCUT2D eigenvalue weighted by Crippen LogP contribution is 2.57. The average Bonchev–Trinajstić information content (AvgIpc) is 2.77. The fraction of sp³-hybridized carbons (Fsp3) is 1.00. The molecule has 8 N–H and O–H groups in total. The first-order chi connectivity index (χ1) is 11.7. The number of aliphatic hydroxyl groups excluding tert-OH is 6. The first-order valence-electron chi connectivity index (χ1n) is 8.10. The van der Waals surface area contributed by atoms with E-state index in [0.717, 1.165) is 0 Å². The Morgan fingerprint density at radius 2 is 1.36 bits per heavy atom. The molecular weight excluding hydrogens is 344 g/mol. The molecule has 2 saturated heterocycles. The summed E-state index contributed by atoms with van der Waals surface area (Å²) in [5, 5.41) is 79.4. The van der Waals surface area contributed by atoms with Crippen molar-refractivity contribution in [2.75, 3.05) is 13.2 Å². The van der Waals surface area contributed by atoms with Gasteiger partial charge in [-0.15, -0.1) is 0 Å². The molecule has 4 fully saturated rings. The zero-order valence-corrected chi connectivity index (χ0v) is 13.0. The molecule has 0 amide bonds. The van der Waals surface area contributed by atoms with Crippen LogP contribution in [0.15, 0.2) is 0 Å². The fourth-order valence-electron chi connectivity index (χ4n) is 4.71. The molecule has 4 rings (SSSR count). The summed E-state index contributed by atoms with van der Waals surface area (Å²) in [5.41, 5.74) is 0. The van der Waals surface area contributed by atoms with E-state index in [1.54, 1.807) is 0 Å². The topological polar surface area (TPSA) is 190 Å². The van der Waals surface area contributed by atoms with Gasteiger partial charge in [0, 0.05) is 0 Å². The molecule has 2 aliphatic carbocycles. The molecule has 25 heavy (non-hydrogen) atoms. The van der Waals surface area contributed by atoms with Crippen LogP contribution in [0.1, 0.15) is 0 Å². The molecule has 2 aliphatic heterocycles. The molecule has 0 aromatic rings. The average molecular weight is 366 g/mol. The van der Waals surface area contributed by atoms with Gasteiger partial charge in [-0.1, -0.05) is 0 Å². The quantitative estimate of drug-likeness (QED) is 0.238. The van der Waals surface area contributed by atoms with E-state index in [0.29, 0.717) is 0 Å². The van der Waals surface area contributed by atoms with Gasteiger partial charge in [0.05, 0.1) is 61.3 Å². The molecule has 0 aromatic carbocycles. The van der Waals surface area contributed by atoms with Crippen LogP contribution in [0.4, 0.5) is 0 Å². The van der Waals surface area contributed by atoms with E-state index in [9.17, 15) is 40.9 Å². The highest BCUT2D eigenvalue weighted by molar-refractivity contribution is 5.13. The van der Waals surface area contributed by atoms with Crippen LogP contribution in [-0.4, -0.2) is 103 Å². The molecule has 11 heteroatoms. The molecule has 0 aromatic heterocycles. The van der Waals surface area contributed by atoms with Crippen molar-refractivity contribution in [3.63, 3.8) is 0 Å². The van der Waals surface area contributed by atoms with Gasteiger partial charge in [0.2, 0.25) is 0 Å². The van der Waals surface area contributed by atoms with Crippen molar-refractivity contribution in [3.8, 4) is 0 Å². The zero-order chi connectivity index (χ0) is 18.3. The lowest BCUT2D eigenvalue weighted by Gasteiger charge is -2.50. The fourth-order valence-corrected chi connectivity index (χ4v) is 4.71. The van der Waals surface area contributed by atoms with E-state index in [1.165, 1.54) is 0 Å². The molecule has 2 heterocycles. The number of fused-ring (bicyclic) bond motifs is 2. The lowest BCUT2D eigenvalue weighted by Crippen LogP contribution is -2.65. The highest BCUT2D eigenvalue weighted by atomic mass is 16.8. The number of ether oxygens (including phenoxy) is 3. The van der Waals surface area contributed by atoms with Gasteiger partial charge < -0.3 is 55.1 Å². The lowest BCUT2D eigenvalue weighted by atomic mass is 9.89. The standard InChI is InChI=1S/C14H22O11/c15-1-3-7(17)8(18)6-12(25-13(3,6)21)23-10-4(2-16)14(22)5(9(10)19)11(20)24-14/h3-12,15-22H,1-2H2. The van der Waals surface area contributed by atoms with Crippen LogP contribution in [0.25, 0.3) is 0 Å². The second kappa shape index (κ2) is 5.53. The van der Waals surface area contributed by atoms with E-state index in [4.69, 9.17) is 14.2 Å². The zero-order valence-electron chi connectivity index (χ0n) is 13.0. The van der Waals surface area contributed by atoms with E-state index in [-0.39, 0.29) is 0 Å². The number of aliphatic hydroxyl groups is 8. The Hall–Kier alpha value is -0.440. The highest BCUT2D eigenvalue weighted by Gasteiger charge is 2.75. The van der Waals surface area contributed by atoms with Gasteiger partial charge in [-0.3, -0.25) is 0 Å². The Morgan fingerprint density at radius 3 is 1.92 bits per heavy atom. The Morgan fingerprint density at radius 1 is 0.760 bits per heavy atom. The maximum absolute atomic E-state index is 10.4. The van der Waals surface area contributed by atoms with Crippen LogP contribution in [0.3, 0.4) is 0 Å². The molecule has 12 atom stereocenters. The van der Waals surface area contributed by atoms with Crippen LogP contribution in [0.5, 0.6) is 0 Å². The van der Waals surface area contributed by atoms with Gasteiger partial charge >= 0.3 is 0 Å². The third-order valence-corrected chi connectivity index (χ3v) is 6.15. The second-order valence-electron chi connectivity index (χ2n) is 7.20. The summed E-state index contributed by atoms with van der Waals surface area (Å²) >= 11 is 0. The second-order valence-corrected chi connectivity index (χ2v) is 7.20. The predicted molar refractivity (Wildman–Crippen MR) is 72.9 cm³/mol. The molecule has 0 radical (unpaired) electrons. The van der Waals surface area contributed by atoms with Crippen LogP contribution in [0.2, 0.25) is 0 Å². The summed E-state index contributed by atoms with van der Waals surface area (Å²) in [6.45, 7) is -1.24. The molecule has 144 valence electrons. The number of hydrogen-bond acceptors (Lipinski definition) is 11. The third-order valence-electron chi connectivity index (χ3n) is 6.15. The Labute approximate surface area is 141 Å². The van der Waals surface area contributed by atoms with E-state index in [1.807, 2.05) is 0 Å². The van der Waals surface area contributed by atoms with Gasteiger partial charge in [-0.25, -0.2) is 0 Å². The van der Waals surface area contributed by atoms with Crippen LogP contribution in [0, 0.1) is 23.7 Å². The predicted octanol–water partition coefficient (Wildman–Crippen LogP) is -4.99. The van der Waals surface area contributed by atoms with Crippen molar-refractivity contribution in [1.82, 2.24) is 0 Å². The Kier molecular flexibility index (Phi) is 3.97. The molecular formula is C14H22O11. The summed E-state index contributed by atoms with van der Waals surface area (Å²) < 4.78 is 15.6. The van der Waals surface area contributed by atoms with Gasteiger partial charge in [-0.05, 0) is 0 Å². The van der Waals surface area contributed by atoms with Crippen molar-refractivity contribution in [3.05, 3.63) is 0 Å². The molecule has 0 spiro atoms. The minimum Gasteiger partial charge on any atom is -0.396 e. The van der Waals surface area contributed by atoms with E-state index >= 15 is 0 Å². The SMILES string of the molecule is OCC1C(OC2OC3(O)C(CO)C(O)C(O)C23)C(O)C2C(O)OC12O. The first kappa shape index (κ1) is 17.9. The van der Waals surface area contributed by atoms with Crippen molar-refractivity contribution >= 4 is 0 Å². The van der Waals surface area contributed by atoms with E-state index < -0.39 is 85.5 Å². The molecule has 2 saturated carbocycles. The van der Waals surface area contributed by atoms with Gasteiger partial charge in [-0.2, -0.15) is 0 Å². The smallest absolute Gasteiger partial charge is 0.186 e. The molecule has 12 unspecified atom stereocenters. The summed E-state index contributed by atoms with van der Waals surface area (Å²) in [5.74, 6) is -8.34. The van der Waals surface area contributed by atoms with Crippen LogP contribution >= 0.6 is 0 Å². The van der Waals surface area contributed by atoms with Gasteiger partial charge in [0.25, 0.3) is 0 Å². The minimum atomic E-state index is -1.98. The Balaban J connectivity index is 1.52. The normalized spacial score (nSPS) is 62.9. The molecule has 11 nitrogen and oxygen atoms in total. The maximum atomic E-state index is 10.4. The summed E-state index contributed by atoms with van der Waals surface area (Å²) in [4.78, 5) is 0. The third kappa shape index (κ3) is 2.02. The summed E-state index contributed by atoms with van der Waals surface area (Å²) in [6.07, 6.45) is -8.13. The van der Waals surface area contributed by atoms with Crippen molar-refractivity contribution in [2.45, 2.75) is 48.6 Å². The minimum absolute atomic E-state index is 0.618. The first-order valence-corrected chi connectivity index (χ1v) is 8.10. The van der Waals surface area contributed by atoms with Crippen LogP contribution in [-0.2, 0) is 14.2 Å². The maximum Gasteiger partial charge on any atom is 0.186 e. The molecule has 4 aliphatic rings. The summed E-state index contributed by atoms with van der Waals surface area (Å²) in [7, 11) is 0. The number of rotatable bonds is 4. The van der Waals surface area contributed by atoms with E-state index in [2.05, 4.69) is 0 Å².